The molecule has 0 spiro atoms. The highest BCUT2D eigenvalue weighted by molar-refractivity contribution is 9.09. The predicted molar refractivity (Wildman–Crippen MR) is 37.9 cm³/mol. The molecule has 0 fully saturated rings. The number of hydrogen-bond donors (Lipinski definition) is 0. The van der Waals surface area contributed by atoms with E-state index in [1.165, 1.54) is 19.3 Å². The average Bonchev–Trinajstić information content (AvgIpc) is 1.61. The molecule has 0 aliphatic rings. The maximum Gasteiger partial charge on any atom is 0.0117 e. The molecule has 0 saturated heterocycles. The summed E-state index contributed by atoms with van der Waals surface area (Å²) in [6.45, 7) is 4.41. The molecule has 0 aliphatic heterocycles. The molecule has 0 unspecified atom stereocenters. The van der Waals surface area contributed by atoms with Crippen LogP contribution in [-0.4, -0.2) is 4.83 Å². The molecule has 7 heavy (non-hydrogen) atoms. The molecule has 0 aromatic rings. The molecule has 0 nitrogen and oxygen atoms in total. The van der Waals surface area contributed by atoms with E-state index in [9.17, 15) is 0 Å². The van der Waals surface area contributed by atoms with E-state index < -0.39 is 0 Å². The Morgan fingerprint density at radius 3 is 2.29 bits per heavy atom. The van der Waals surface area contributed by atoms with Gasteiger partial charge >= 0.3 is 0 Å². The van der Waals surface area contributed by atoms with Crippen LogP contribution in [0.5, 0.6) is 0 Å². The molecule has 0 amide bonds. The zero-order valence-corrected chi connectivity index (χ0v) is 6.66. The van der Waals surface area contributed by atoms with Crippen LogP contribution in [0.2, 0.25) is 0 Å². The van der Waals surface area contributed by atoms with Crippen molar-refractivity contribution < 1.29 is 0 Å². The Morgan fingerprint density at radius 2 is 2.14 bits per heavy atom. The van der Waals surface area contributed by atoms with Gasteiger partial charge in [0.15, 0.2) is 0 Å². The Kier molecular flexibility index (Phi) is 4.95. The van der Waals surface area contributed by atoms with Crippen LogP contribution in [0.15, 0.2) is 0 Å². The van der Waals surface area contributed by atoms with Crippen LogP contribution in [0.1, 0.15) is 33.1 Å². The number of rotatable bonds is 3. The standard InChI is InChI=1S/C6H13Br/c1-3-4-5-6(2)7/h6H,3-5H2,1-2H3/t6-/m1/s1. The van der Waals surface area contributed by atoms with Crippen molar-refractivity contribution >= 4 is 15.9 Å². The van der Waals surface area contributed by atoms with Gasteiger partial charge in [-0.05, 0) is 6.42 Å². The normalized spacial score (nSPS) is 14.1. The molecule has 0 heterocycles. The third-order valence-electron chi connectivity index (χ3n) is 0.955. The lowest BCUT2D eigenvalue weighted by atomic mass is 10.2. The molecule has 0 radical (unpaired) electrons. The van der Waals surface area contributed by atoms with E-state index in [1.807, 2.05) is 0 Å². The maximum absolute atomic E-state index is 3.48. The summed E-state index contributed by atoms with van der Waals surface area (Å²) in [5.41, 5.74) is 0. The molecule has 1 heteroatoms. The van der Waals surface area contributed by atoms with Gasteiger partial charge in [-0.1, -0.05) is 42.6 Å². The topological polar surface area (TPSA) is 0 Å². The fourth-order valence-corrected chi connectivity index (χ4v) is 0.809. The van der Waals surface area contributed by atoms with Crippen molar-refractivity contribution in [2.45, 2.75) is 37.9 Å². The smallest absolute Gasteiger partial charge is 0.0117 e. The quantitative estimate of drug-likeness (QED) is 0.564. The molecule has 1 atom stereocenters. The molecule has 0 bridgehead atoms. The minimum atomic E-state index is 0.715. The van der Waals surface area contributed by atoms with Gasteiger partial charge in [0.2, 0.25) is 0 Å². The van der Waals surface area contributed by atoms with Gasteiger partial charge in [-0.15, -0.1) is 0 Å². The lowest BCUT2D eigenvalue weighted by Gasteiger charge is -1.96. The minimum absolute atomic E-state index is 0.715. The van der Waals surface area contributed by atoms with Crippen LogP contribution in [0.4, 0.5) is 0 Å². The summed E-state index contributed by atoms with van der Waals surface area (Å²) in [6, 6.07) is 0. The Bertz CT molecular complexity index is 33.2. The summed E-state index contributed by atoms with van der Waals surface area (Å²) < 4.78 is 0. The highest BCUT2D eigenvalue weighted by Crippen LogP contribution is 2.06. The highest BCUT2D eigenvalue weighted by atomic mass is 79.9. The van der Waals surface area contributed by atoms with Gasteiger partial charge in [0, 0.05) is 4.83 Å². The zero-order valence-electron chi connectivity index (χ0n) is 5.08. The predicted octanol–water partition coefficient (Wildman–Crippen LogP) is 2.96. The van der Waals surface area contributed by atoms with Crippen LogP contribution in [0.25, 0.3) is 0 Å². The number of hydrogen-bond acceptors (Lipinski definition) is 0. The van der Waals surface area contributed by atoms with E-state index in [1.54, 1.807) is 0 Å². The summed E-state index contributed by atoms with van der Waals surface area (Å²) in [7, 11) is 0. The fourth-order valence-electron chi connectivity index (χ4n) is 0.485. The van der Waals surface area contributed by atoms with Crippen molar-refractivity contribution in [1.82, 2.24) is 0 Å². The Morgan fingerprint density at radius 1 is 1.57 bits per heavy atom. The van der Waals surface area contributed by atoms with Gasteiger partial charge < -0.3 is 0 Å². The Balaban J connectivity index is 2.68. The first-order chi connectivity index (χ1) is 3.27. The molecular formula is C6H13Br. The largest absolute Gasteiger partial charge is 0.0894 e. The second-order valence-corrected chi connectivity index (χ2v) is 3.49. The Labute approximate surface area is 54.4 Å². The van der Waals surface area contributed by atoms with Crippen LogP contribution in [0.3, 0.4) is 0 Å². The van der Waals surface area contributed by atoms with Crippen LogP contribution >= 0.6 is 15.9 Å². The van der Waals surface area contributed by atoms with Crippen molar-refractivity contribution in [2.75, 3.05) is 0 Å². The van der Waals surface area contributed by atoms with E-state index in [-0.39, 0.29) is 0 Å². The zero-order chi connectivity index (χ0) is 5.70. The molecule has 0 rings (SSSR count). The summed E-state index contributed by atoms with van der Waals surface area (Å²) in [6.07, 6.45) is 3.98. The van der Waals surface area contributed by atoms with Crippen LogP contribution < -0.4 is 0 Å². The van der Waals surface area contributed by atoms with Crippen molar-refractivity contribution in [1.29, 1.82) is 0 Å². The van der Waals surface area contributed by atoms with E-state index in [0.717, 1.165) is 0 Å². The maximum atomic E-state index is 3.48. The average molecular weight is 165 g/mol. The SMILES string of the molecule is CCCC[C@@H](C)Br. The first-order valence-corrected chi connectivity index (χ1v) is 3.83. The van der Waals surface area contributed by atoms with Gasteiger partial charge in [0.05, 0.1) is 0 Å². The highest BCUT2D eigenvalue weighted by Gasteiger charge is 1.90. The molecule has 0 saturated carbocycles. The van der Waals surface area contributed by atoms with Crippen molar-refractivity contribution in [2.24, 2.45) is 0 Å². The first-order valence-electron chi connectivity index (χ1n) is 2.91. The Hall–Kier alpha value is 0.480. The van der Waals surface area contributed by atoms with Crippen LogP contribution in [-0.2, 0) is 0 Å². The van der Waals surface area contributed by atoms with E-state index >= 15 is 0 Å². The fraction of sp³-hybridized carbons (Fsp3) is 1.00. The summed E-state index contributed by atoms with van der Waals surface area (Å²) in [5.74, 6) is 0. The van der Waals surface area contributed by atoms with E-state index in [2.05, 4.69) is 29.8 Å². The van der Waals surface area contributed by atoms with Gasteiger partial charge in [-0.2, -0.15) is 0 Å². The van der Waals surface area contributed by atoms with E-state index in [0.29, 0.717) is 4.83 Å². The van der Waals surface area contributed by atoms with Gasteiger partial charge in [0.25, 0.3) is 0 Å². The molecule has 0 N–H and O–H groups in total. The van der Waals surface area contributed by atoms with Gasteiger partial charge in [-0.25, -0.2) is 0 Å². The molecule has 0 aromatic carbocycles. The second kappa shape index (κ2) is 4.63. The van der Waals surface area contributed by atoms with Gasteiger partial charge in [-0.3, -0.25) is 0 Å². The summed E-state index contributed by atoms with van der Waals surface area (Å²) in [4.78, 5) is 0.715. The lowest BCUT2D eigenvalue weighted by molar-refractivity contribution is 0.719. The molecule has 44 valence electrons. The number of halogens is 1. The number of unbranched alkanes of at least 4 members (excludes halogenated alkanes) is 1. The van der Waals surface area contributed by atoms with Crippen molar-refractivity contribution in [3.8, 4) is 0 Å². The van der Waals surface area contributed by atoms with Crippen molar-refractivity contribution in [3.05, 3.63) is 0 Å². The molecular weight excluding hydrogens is 152 g/mol. The summed E-state index contributed by atoms with van der Waals surface area (Å²) >= 11 is 3.48. The lowest BCUT2D eigenvalue weighted by Crippen LogP contribution is -1.86. The third kappa shape index (κ3) is 6.48. The van der Waals surface area contributed by atoms with Crippen molar-refractivity contribution in [3.63, 3.8) is 0 Å². The van der Waals surface area contributed by atoms with Crippen LogP contribution in [0, 0.1) is 0 Å². The molecule has 0 aromatic heterocycles. The third-order valence-corrected chi connectivity index (χ3v) is 1.41. The second-order valence-electron chi connectivity index (χ2n) is 1.92. The number of alkyl halides is 1. The first kappa shape index (κ1) is 7.48. The van der Waals surface area contributed by atoms with E-state index in [4.69, 9.17) is 0 Å². The monoisotopic (exact) mass is 164 g/mol. The minimum Gasteiger partial charge on any atom is -0.0894 e. The van der Waals surface area contributed by atoms with Gasteiger partial charge in [0.1, 0.15) is 0 Å². The summed E-state index contributed by atoms with van der Waals surface area (Å²) in [5, 5.41) is 0. The molecule has 0 aliphatic carbocycles.